The zero-order chi connectivity index (χ0) is 33.8. The fourth-order valence-corrected chi connectivity index (χ4v) is 7.86. The van der Waals surface area contributed by atoms with Gasteiger partial charge >= 0.3 is 12.2 Å². The van der Waals surface area contributed by atoms with E-state index >= 15 is 0 Å². The Bertz CT molecular complexity index is 1730. The number of H-pyrrole nitrogens is 2. The number of imidazole rings is 2. The van der Waals surface area contributed by atoms with Crippen LogP contribution in [0.5, 0.6) is 23.0 Å². The monoisotopic (exact) mass is 690 g/mol. The molecular weight excluding hydrogens is 653 g/mol. The summed E-state index contributed by atoms with van der Waals surface area (Å²) in [7, 11) is 0. The number of amides is 2. The predicted molar refractivity (Wildman–Crippen MR) is 184 cm³/mol. The quantitative estimate of drug-likeness (QED) is 0.190. The van der Waals surface area contributed by atoms with Crippen LogP contribution in [0, 0.1) is 0 Å². The number of nitrogens with zero attached hydrogens (tertiary/aromatic N) is 4. The molecule has 0 spiro atoms. The lowest BCUT2D eigenvalue weighted by molar-refractivity contribution is 0.0222. The molecule has 2 amide bonds. The Morgan fingerprint density at radius 1 is 0.708 bits per heavy atom. The molecule has 7 rings (SSSR count). The third-order valence-electron chi connectivity index (χ3n) is 7.79. The molecule has 2 aromatic carbocycles. The summed E-state index contributed by atoms with van der Waals surface area (Å²) in [5, 5.41) is 0. The first-order valence-electron chi connectivity index (χ1n) is 15.7. The average Bonchev–Trinajstić information content (AvgIpc) is 3.83. The molecule has 4 aromatic rings. The number of rotatable bonds is 4. The normalized spacial score (nSPS) is 19.0. The van der Waals surface area contributed by atoms with Gasteiger partial charge in [0.1, 0.15) is 34.9 Å². The molecule has 3 aliphatic heterocycles. The van der Waals surface area contributed by atoms with Crippen LogP contribution < -0.4 is 9.47 Å². The Morgan fingerprint density at radius 2 is 1.12 bits per heavy atom. The number of carbonyl (C=O) groups is 2. The number of hydrogen-bond acceptors (Lipinski definition) is 10. The van der Waals surface area contributed by atoms with Gasteiger partial charge in [-0.1, -0.05) is 0 Å². The first kappa shape index (κ1) is 32.3. The number of fused-ring (bicyclic) bond motifs is 2. The maximum atomic E-state index is 12.8. The van der Waals surface area contributed by atoms with Gasteiger partial charge in [0.15, 0.2) is 23.0 Å². The van der Waals surface area contributed by atoms with Crippen LogP contribution in [-0.4, -0.2) is 76.4 Å². The number of hydrogen-bond donors (Lipinski definition) is 2. The smallest absolute Gasteiger partial charge is 0.411 e. The molecule has 0 unspecified atom stereocenters. The van der Waals surface area contributed by atoms with Crippen molar-refractivity contribution in [2.75, 3.05) is 23.3 Å². The molecular formula is C34H38N6O6S2. The van der Waals surface area contributed by atoms with Gasteiger partial charge in [-0.3, -0.25) is 9.80 Å². The van der Waals surface area contributed by atoms with Crippen molar-refractivity contribution in [3.05, 3.63) is 60.4 Å². The summed E-state index contributed by atoms with van der Waals surface area (Å²) in [6, 6.07) is 11.0. The minimum atomic E-state index is -0.571. The van der Waals surface area contributed by atoms with Crippen molar-refractivity contribution in [2.45, 2.75) is 64.8 Å². The third-order valence-corrected chi connectivity index (χ3v) is 9.82. The molecule has 2 saturated heterocycles. The van der Waals surface area contributed by atoms with Crippen molar-refractivity contribution < 1.29 is 28.5 Å². The van der Waals surface area contributed by atoms with Gasteiger partial charge in [-0.2, -0.15) is 0 Å². The Balaban J connectivity index is 1.05. The Morgan fingerprint density at radius 3 is 1.52 bits per heavy atom. The summed E-state index contributed by atoms with van der Waals surface area (Å²) >= 11 is 3.34. The second kappa shape index (κ2) is 12.3. The lowest BCUT2D eigenvalue weighted by atomic mass is 10.1. The molecule has 0 aliphatic carbocycles. The number of thioether (sulfide) groups is 2. The predicted octanol–water partition coefficient (Wildman–Crippen LogP) is 8.33. The third kappa shape index (κ3) is 6.68. The fourth-order valence-electron chi connectivity index (χ4n) is 5.56. The number of ether oxygens (including phenoxy) is 4. The van der Waals surface area contributed by atoms with E-state index in [2.05, 4.69) is 19.9 Å². The Kier molecular flexibility index (Phi) is 8.26. The zero-order valence-electron chi connectivity index (χ0n) is 27.7. The van der Waals surface area contributed by atoms with Gasteiger partial charge in [0, 0.05) is 22.6 Å². The summed E-state index contributed by atoms with van der Waals surface area (Å²) in [6.07, 6.45) is 2.85. The van der Waals surface area contributed by atoms with E-state index in [1.54, 1.807) is 45.7 Å². The molecule has 14 heteroatoms. The van der Waals surface area contributed by atoms with Gasteiger partial charge in [0.2, 0.25) is 0 Å². The number of aromatic nitrogens is 4. The summed E-state index contributed by atoms with van der Waals surface area (Å²) in [4.78, 5) is 45.1. The zero-order valence-corrected chi connectivity index (χ0v) is 29.3. The molecule has 0 radical (unpaired) electrons. The molecule has 2 fully saturated rings. The molecule has 48 heavy (non-hydrogen) atoms. The minimum Gasteiger partial charge on any atom is -0.449 e. The molecule has 5 heterocycles. The SMILES string of the molecule is CC(C)(C)OC(=O)N1CSC[C@H]1c1ncc(-c2ccc3c(c2)Oc2ccc(-c4cnc([C@@H]5CSCN5C(=O)OC(C)(C)C)[nH]4)cc2O3)[nH]1. The van der Waals surface area contributed by atoms with Crippen LogP contribution in [0.3, 0.4) is 0 Å². The van der Waals surface area contributed by atoms with E-state index in [1.165, 1.54) is 0 Å². The van der Waals surface area contributed by atoms with Crippen LogP contribution in [0.15, 0.2) is 48.8 Å². The number of benzene rings is 2. The second-order valence-electron chi connectivity index (χ2n) is 13.8. The van der Waals surface area contributed by atoms with Crippen LogP contribution in [0.4, 0.5) is 9.59 Å². The van der Waals surface area contributed by atoms with Crippen LogP contribution in [-0.2, 0) is 9.47 Å². The highest BCUT2D eigenvalue weighted by Crippen LogP contribution is 2.48. The summed E-state index contributed by atoms with van der Waals surface area (Å²) in [5.74, 6) is 6.33. The standard InChI is InChI=1S/C34H38N6O6S2/c1-33(2,3)45-31(41)39-17-47-15-23(39)29-35-13-21(37-29)19-7-9-25-27(11-19)43-26-10-8-20(12-28(26)44-25)22-14-36-30(38-22)24-16-48-18-40(24)32(42)46-34(4,5)6/h7-14,23-24H,15-18H2,1-6H3,(H,35,37)(H,36,38)/t23-,24-/m0/s1. The van der Waals surface area contributed by atoms with E-state index in [0.717, 1.165) is 34.0 Å². The van der Waals surface area contributed by atoms with Crippen LogP contribution in [0.1, 0.15) is 65.3 Å². The van der Waals surface area contributed by atoms with Gasteiger partial charge in [-0.25, -0.2) is 19.6 Å². The van der Waals surface area contributed by atoms with Gasteiger partial charge < -0.3 is 28.9 Å². The molecule has 0 bridgehead atoms. The van der Waals surface area contributed by atoms with E-state index < -0.39 is 11.2 Å². The number of carbonyl (C=O) groups excluding carboxylic acids is 2. The van der Waals surface area contributed by atoms with Crippen LogP contribution in [0.2, 0.25) is 0 Å². The molecule has 3 aliphatic rings. The topological polar surface area (TPSA) is 135 Å². The Labute approximate surface area is 287 Å². The molecule has 252 valence electrons. The first-order chi connectivity index (χ1) is 22.8. The largest absolute Gasteiger partial charge is 0.449 e. The van der Waals surface area contributed by atoms with Crippen molar-refractivity contribution in [3.63, 3.8) is 0 Å². The van der Waals surface area contributed by atoms with E-state index in [1.807, 2.05) is 77.9 Å². The number of aromatic amines is 2. The van der Waals surface area contributed by atoms with Gasteiger partial charge in [0.05, 0.1) is 35.5 Å². The van der Waals surface area contributed by atoms with E-state index in [9.17, 15) is 9.59 Å². The lowest BCUT2D eigenvalue weighted by Crippen LogP contribution is -2.37. The maximum Gasteiger partial charge on any atom is 0.411 e. The van der Waals surface area contributed by atoms with Crippen LogP contribution in [0.25, 0.3) is 22.5 Å². The Hall–Kier alpha value is -4.30. The molecule has 2 N–H and O–H groups in total. The molecule has 12 nitrogen and oxygen atoms in total. The van der Waals surface area contributed by atoms with E-state index in [4.69, 9.17) is 18.9 Å². The molecule has 2 aromatic heterocycles. The van der Waals surface area contributed by atoms with Crippen molar-refractivity contribution >= 4 is 35.7 Å². The van der Waals surface area contributed by atoms with Gasteiger partial charge in [-0.05, 0) is 77.9 Å². The highest BCUT2D eigenvalue weighted by atomic mass is 32.2. The number of nitrogens with one attached hydrogen (secondary N) is 2. The maximum absolute atomic E-state index is 12.8. The summed E-state index contributed by atoms with van der Waals surface area (Å²) < 4.78 is 23.8. The summed E-state index contributed by atoms with van der Waals surface area (Å²) in [6.45, 7) is 11.2. The van der Waals surface area contributed by atoms with Crippen LogP contribution >= 0.6 is 23.5 Å². The van der Waals surface area contributed by atoms with Crippen molar-refractivity contribution in [3.8, 4) is 45.5 Å². The van der Waals surface area contributed by atoms with E-state index in [0.29, 0.717) is 46.4 Å². The van der Waals surface area contributed by atoms with E-state index in [-0.39, 0.29) is 24.3 Å². The van der Waals surface area contributed by atoms with Gasteiger partial charge in [0.25, 0.3) is 0 Å². The average molecular weight is 691 g/mol. The first-order valence-corrected chi connectivity index (χ1v) is 18.0. The second-order valence-corrected chi connectivity index (χ2v) is 15.8. The molecule has 0 saturated carbocycles. The van der Waals surface area contributed by atoms with Gasteiger partial charge in [-0.15, -0.1) is 23.5 Å². The lowest BCUT2D eigenvalue weighted by Gasteiger charge is -2.27. The van der Waals surface area contributed by atoms with Crippen molar-refractivity contribution in [2.24, 2.45) is 0 Å². The highest BCUT2D eigenvalue weighted by molar-refractivity contribution is 7.99. The van der Waals surface area contributed by atoms with Crippen molar-refractivity contribution in [1.82, 2.24) is 29.7 Å². The fraction of sp³-hybridized carbons (Fsp3) is 0.412. The highest BCUT2D eigenvalue weighted by Gasteiger charge is 2.37. The molecule has 2 atom stereocenters. The van der Waals surface area contributed by atoms with Crippen molar-refractivity contribution in [1.29, 1.82) is 0 Å². The minimum absolute atomic E-state index is 0.205. The summed E-state index contributed by atoms with van der Waals surface area (Å²) in [5.41, 5.74) is 2.22.